The Morgan fingerprint density at radius 2 is 2.26 bits per heavy atom. The topological polar surface area (TPSA) is 61.8 Å². The van der Waals surface area contributed by atoms with E-state index in [1.165, 1.54) is 22.4 Å². The maximum absolute atomic E-state index is 11.8. The van der Waals surface area contributed by atoms with Crippen LogP contribution in [0.25, 0.3) is 0 Å². The van der Waals surface area contributed by atoms with Gasteiger partial charge in [0.2, 0.25) is 0 Å². The number of rotatable bonds is 7. The van der Waals surface area contributed by atoms with E-state index in [0.717, 1.165) is 19.3 Å². The van der Waals surface area contributed by atoms with E-state index in [2.05, 4.69) is 29.6 Å². The quantitative estimate of drug-likeness (QED) is 0.759. The van der Waals surface area contributed by atoms with Crippen LogP contribution in [0.15, 0.2) is 24.3 Å². The van der Waals surface area contributed by atoms with Crippen molar-refractivity contribution in [2.24, 2.45) is 0 Å². The molecule has 1 aliphatic carbocycles. The number of benzene rings is 1. The normalized spacial score (nSPS) is 18.1. The number of likely N-dealkylation sites (N-methyl/N-ethyl adjacent to an activating group) is 1. The predicted octanol–water partition coefficient (Wildman–Crippen LogP) is 2.49. The van der Waals surface area contributed by atoms with E-state index in [1.54, 1.807) is 7.05 Å². The summed E-state index contributed by atoms with van der Waals surface area (Å²) in [5.41, 5.74) is 2.72. The first-order valence-electron chi connectivity index (χ1n) is 8.44. The van der Waals surface area contributed by atoms with Crippen LogP contribution >= 0.6 is 0 Å². The Morgan fingerprint density at radius 1 is 1.48 bits per heavy atom. The van der Waals surface area contributed by atoms with Crippen molar-refractivity contribution in [2.45, 2.75) is 44.8 Å². The maximum Gasteiger partial charge on any atom is 0.317 e. The monoisotopic (exact) mass is 320 g/mol. The number of aliphatic hydroxyl groups excluding tert-OH is 1. The highest BCUT2D eigenvalue weighted by molar-refractivity contribution is 5.74. The van der Waals surface area contributed by atoms with Crippen LogP contribution in [0.5, 0.6) is 0 Å². The second-order valence-corrected chi connectivity index (χ2v) is 6.18. The highest BCUT2D eigenvalue weighted by Crippen LogP contribution is 2.32. The van der Waals surface area contributed by atoms with Crippen molar-refractivity contribution < 1.29 is 14.6 Å². The van der Waals surface area contributed by atoms with Gasteiger partial charge in [-0.3, -0.25) is 0 Å². The fourth-order valence-corrected chi connectivity index (χ4v) is 2.82. The molecular formula is C18H28N2O3. The van der Waals surface area contributed by atoms with Gasteiger partial charge in [-0.15, -0.1) is 0 Å². The van der Waals surface area contributed by atoms with Gasteiger partial charge < -0.3 is 20.1 Å². The molecule has 1 aromatic carbocycles. The highest BCUT2D eigenvalue weighted by Gasteiger charge is 2.20. The summed E-state index contributed by atoms with van der Waals surface area (Å²) in [6.45, 7) is 2.99. The zero-order valence-corrected chi connectivity index (χ0v) is 14.1. The van der Waals surface area contributed by atoms with Crippen LogP contribution in [0.4, 0.5) is 4.79 Å². The lowest BCUT2D eigenvalue weighted by molar-refractivity contribution is 0.0394. The van der Waals surface area contributed by atoms with Crippen molar-refractivity contribution >= 4 is 6.03 Å². The molecule has 1 aromatic rings. The number of fused-ring (bicyclic) bond motifs is 1. The molecule has 2 unspecified atom stereocenters. The van der Waals surface area contributed by atoms with Crippen molar-refractivity contribution in [3.05, 3.63) is 35.4 Å². The molecule has 0 saturated carbocycles. The van der Waals surface area contributed by atoms with Gasteiger partial charge in [-0.25, -0.2) is 4.79 Å². The van der Waals surface area contributed by atoms with Crippen LogP contribution in [0.1, 0.15) is 43.4 Å². The van der Waals surface area contributed by atoms with Crippen molar-refractivity contribution in [3.8, 4) is 0 Å². The van der Waals surface area contributed by atoms with Gasteiger partial charge in [-0.2, -0.15) is 0 Å². The molecule has 1 aliphatic rings. The van der Waals surface area contributed by atoms with Gasteiger partial charge in [0.05, 0.1) is 18.8 Å². The molecular weight excluding hydrogens is 292 g/mol. The number of hydrogen-bond acceptors (Lipinski definition) is 3. The van der Waals surface area contributed by atoms with Crippen molar-refractivity contribution in [2.75, 3.05) is 26.8 Å². The fraction of sp³-hybridized carbons (Fsp3) is 0.611. The summed E-state index contributed by atoms with van der Waals surface area (Å²) in [5.74, 6) is 0. The molecule has 128 valence electrons. The maximum atomic E-state index is 11.8. The third-order valence-corrected chi connectivity index (χ3v) is 4.48. The summed E-state index contributed by atoms with van der Waals surface area (Å²) < 4.78 is 6.02. The number of carbonyl (C=O) groups excluding carboxylic acids is 1. The molecule has 2 rings (SSSR count). The Bertz CT molecular complexity index is 507. The van der Waals surface area contributed by atoms with E-state index in [4.69, 9.17) is 9.84 Å². The SMILES string of the molecule is CC(CO)N(C)C(=O)NCCCOC1CCCc2ccccc21. The second-order valence-electron chi connectivity index (χ2n) is 6.18. The van der Waals surface area contributed by atoms with Crippen LogP contribution in [0.3, 0.4) is 0 Å². The molecule has 0 heterocycles. The molecule has 0 fully saturated rings. The number of aliphatic hydroxyl groups is 1. The first kappa shape index (κ1) is 17.8. The number of nitrogens with one attached hydrogen (secondary N) is 1. The van der Waals surface area contributed by atoms with E-state index in [1.807, 2.05) is 6.92 Å². The molecule has 2 amide bonds. The average Bonchev–Trinajstić information content (AvgIpc) is 2.60. The van der Waals surface area contributed by atoms with E-state index in [0.29, 0.717) is 13.2 Å². The minimum absolute atomic E-state index is 0.0336. The van der Waals surface area contributed by atoms with Crippen molar-refractivity contribution in [3.63, 3.8) is 0 Å². The smallest absolute Gasteiger partial charge is 0.317 e. The molecule has 0 aliphatic heterocycles. The van der Waals surface area contributed by atoms with Gasteiger partial charge in [-0.1, -0.05) is 24.3 Å². The zero-order valence-electron chi connectivity index (χ0n) is 14.1. The molecule has 23 heavy (non-hydrogen) atoms. The van der Waals surface area contributed by atoms with E-state index in [-0.39, 0.29) is 24.8 Å². The third kappa shape index (κ3) is 4.94. The molecule has 0 aromatic heterocycles. The number of amides is 2. The number of urea groups is 1. The van der Waals surface area contributed by atoms with Crippen molar-refractivity contribution in [1.29, 1.82) is 0 Å². The third-order valence-electron chi connectivity index (χ3n) is 4.48. The minimum Gasteiger partial charge on any atom is -0.394 e. The second kappa shape index (κ2) is 8.89. The fourth-order valence-electron chi connectivity index (χ4n) is 2.82. The first-order valence-corrected chi connectivity index (χ1v) is 8.44. The van der Waals surface area contributed by atoms with E-state index in [9.17, 15) is 4.79 Å². The Labute approximate surface area is 138 Å². The van der Waals surface area contributed by atoms with Gasteiger partial charge >= 0.3 is 6.03 Å². The molecule has 2 N–H and O–H groups in total. The lowest BCUT2D eigenvalue weighted by atomic mass is 9.89. The first-order chi connectivity index (χ1) is 11.1. The summed E-state index contributed by atoms with van der Waals surface area (Å²) in [5, 5.41) is 11.9. The molecule has 5 nitrogen and oxygen atoms in total. The molecule has 0 saturated heterocycles. The predicted molar refractivity (Wildman–Crippen MR) is 90.4 cm³/mol. The molecule has 2 atom stereocenters. The number of carbonyl (C=O) groups is 1. The van der Waals surface area contributed by atoms with Crippen molar-refractivity contribution in [1.82, 2.24) is 10.2 Å². The number of aryl methyl sites for hydroxylation is 1. The van der Waals surface area contributed by atoms with Gasteiger partial charge in [0.15, 0.2) is 0 Å². The Hall–Kier alpha value is -1.59. The largest absolute Gasteiger partial charge is 0.394 e. The molecule has 0 radical (unpaired) electrons. The van der Waals surface area contributed by atoms with E-state index >= 15 is 0 Å². The number of nitrogens with zero attached hydrogens (tertiary/aromatic N) is 1. The Balaban J connectivity index is 1.68. The van der Waals surface area contributed by atoms with Gasteiger partial charge in [0.25, 0.3) is 0 Å². The molecule has 5 heteroatoms. The summed E-state index contributed by atoms with van der Waals surface area (Å²) in [7, 11) is 1.69. The summed E-state index contributed by atoms with van der Waals surface area (Å²) in [6, 6.07) is 8.16. The Morgan fingerprint density at radius 3 is 3.04 bits per heavy atom. The van der Waals surface area contributed by atoms with Gasteiger partial charge in [0.1, 0.15) is 0 Å². The van der Waals surface area contributed by atoms with Crippen LogP contribution < -0.4 is 5.32 Å². The van der Waals surface area contributed by atoms with Crippen LogP contribution in [-0.4, -0.2) is 48.9 Å². The van der Waals surface area contributed by atoms with Gasteiger partial charge in [-0.05, 0) is 43.7 Å². The van der Waals surface area contributed by atoms with Crippen LogP contribution in [0, 0.1) is 0 Å². The summed E-state index contributed by atoms with van der Waals surface area (Å²) in [6.07, 6.45) is 4.35. The van der Waals surface area contributed by atoms with Crippen LogP contribution in [0.2, 0.25) is 0 Å². The standard InChI is InChI=1S/C18H28N2O3/c1-14(13-21)20(2)18(22)19-11-6-12-23-17-10-5-8-15-7-3-4-9-16(15)17/h3-4,7,9,14,17,21H,5-6,8,10-13H2,1-2H3,(H,19,22). The molecule has 0 bridgehead atoms. The number of hydrogen-bond donors (Lipinski definition) is 2. The number of ether oxygens (including phenoxy) is 1. The summed E-state index contributed by atoms with van der Waals surface area (Å²) in [4.78, 5) is 13.3. The summed E-state index contributed by atoms with van der Waals surface area (Å²) >= 11 is 0. The van der Waals surface area contributed by atoms with Gasteiger partial charge in [0, 0.05) is 20.2 Å². The minimum atomic E-state index is -0.176. The lowest BCUT2D eigenvalue weighted by Gasteiger charge is -2.26. The molecule has 0 spiro atoms. The average molecular weight is 320 g/mol. The Kier molecular flexibility index (Phi) is 6.86. The zero-order chi connectivity index (χ0) is 16.7. The lowest BCUT2D eigenvalue weighted by Crippen LogP contribution is -2.44. The van der Waals surface area contributed by atoms with E-state index < -0.39 is 0 Å². The highest BCUT2D eigenvalue weighted by atomic mass is 16.5. The van der Waals surface area contributed by atoms with Crippen LogP contribution in [-0.2, 0) is 11.2 Å².